The number of nitrogen functional groups attached to an aromatic ring is 1. The first kappa shape index (κ1) is 14.7. The van der Waals surface area contributed by atoms with Gasteiger partial charge in [0.2, 0.25) is 0 Å². The molecule has 4 aromatic rings. The van der Waals surface area contributed by atoms with Crippen molar-refractivity contribution < 1.29 is 5.11 Å². The van der Waals surface area contributed by atoms with Crippen LogP contribution in [0.3, 0.4) is 0 Å². The van der Waals surface area contributed by atoms with Crippen molar-refractivity contribution in [3.8, 4) is 11.3 Å². The van der Waals surface area contributed by atoms with E-state index in [0.29, 0.717) is 18.9 Å². The van der Waals surface area contributed by atoms with E-state index in [1.807, 2.05) is 30.3 Å². The number of pyridine rings is 1. The molecule has 0 saturated heterocycles. The van der Waals surface area contributed by atoms with Crippen LogP contribution < -0.4 is 11.1 Å². The lowest BCUT2D eigenvalue weighted by molar-refractivity contribution is 0.292. The van der Waals surface area contributed by atoms with Crippen LogP contribution in [0.4, 0.5) is 5.82 Å². The number of nitrogens with zero attached hydrogens (tertiary/aromatic N) is 2. The van der Waals surface area contributed by atoms with E-state index in [-0.39, 0.29) is 6.61 Å². The summed E-state index contributed by atoms with van der Waals surface area (Å²) in [6.07, 6.45) is 1.79. The number of H-pyrrole nitrogens is 2. The van der Waals surface area contributed by atoms with E-state index >= 15 is 0 Å². The summed E-state index contributed by atoms with van der Waals surface area (Å²) >= 11 is 0. The van der Waals surface area contributed by atoms with Crippen LogP contribution in [-0.2, 0) is 6.54 Å². The van der Waals surface area contributed by atoms with Crippen molar-refractivity contribution in [2.45, 2.75) is 6.54 Å². The number of nitrogens with one attached hydrogen (secondary N) is 3. The van der Waals surface area contributed by atoms with Gasteiger partial charge in [-0.2, -0.15) is 5.10 Å². The highest BCUT2D eigenvalue weighted by Gasteiger charge is 2.11. The Balaban J connectivity index is 1.81. The van der Waals surface area contributed by atoms with E-state index in [1.165, 1.54) is 0 Å². The lowest BCUT2D eigenvalue weighted by Crippen LogP contribution is -2.17. The summed E-state index contributed by atoms with van der Waals surface area (Å²) in [5.74, 6) is 0.501. The smallest absolute Gasteiger partial charge is 0.133 e. The van der Waals surface area contributed by atoms with Crippen molar-refractivity contribution in [1.29, 1.82) is 0 Å². The van der Waals surface area contributed by atoms with E-state index in [9.17, 15) is 0 Å². The normalized spacial score (nSPS) is 11.5. The molecule has 7 nitrogen and oxygen atoms in total. The first-order valence-electron chi connectivity index (χ1n) is 7.79. The number of fused-ring (bicyclic) bond motifs is 3. The van der Waals surface area contributed by atoms with Crippen LogP contribution in [-0.4, -0.2) is 38.4 Å². The average Bonchev–Trinajstić information content (AvgIpc) is 3.25. The zero-order valence-corrected chi connectivity index (χ0v) is 13.0. The number of aliphatic hydroxyl groups excluding tert-OH is 1. The molecule has 0 atom stereocenters. The van der Waals surface area contributed by atoms with Crippen molar-refractivity contribution in [2.75, 3.05) is 18.9 Å². The van der Waals surface area contributed by atoms with E-state index in [0.717, 1.165) is 38.8 Å². The predicted octanol–water partition coefficient (Wildman–Crippen LogP) is 1.77. The minimum absolute atomic E-state index is 0.114. The Morgan fingerprint density at radius 2 is 2.08 bits per heavy atom. The maximum Gasteiger partial charge on any atom is 0.133 e. The molecular formula is C17H18N6O. The zero-order valence-electron chi connectivity index (χ0n) is 13.0. The molecule has 7 heteroatoms. The fourth-order valence-corrected chi connectivity index (χ4v) is 2.93. The fourth-order valence-electron chi connectivity index (χ4n) is 2.93. The Hall–Kier alpha value is -2.90. The van der Waals surface area contributed by atoms with Crippen molar-refractivity contribution in [3.05, 3.63) is 42.2 Å². The third-order valence-electron chi connectivity index (χ3n) is 4.06. The van der Waals surface area contributed by atoms with Gasteiger partial charge in [0.25, 0.3) is 0 Å². The predicted molar refractivity (Wildman–Crippen MR) is 94.4 cm³/mol. The van der Waals surface area contributed by atoms with Crippen LogP contribution in [0.25, 0.3) is 33.1 Å². The van der Waals surface area contributed by atoms with Crippen molar-refractivity contribution >= 4 is 27.6 Å². The molecule has 1 aromatic carbocycles. The van der Waals surface area contributed by atoms with E-state index in [2.05, 4.69) is 25.5 Å². The third kappa shape index (κ3) is 2.49. The zero-order chi connectivity index (χ0) is 16.5. The molecule has 0 aliphatic heterocycles. The summed E-state index contributed by atoms with van der Waals surface area (Å²) in [5, 5.41) is 21.0. The van der Waals surface area contributed by atoms with Crippen LogP contribution in [0.1, 0.15) is 5.69 Å². The molecule has 0 radical (unpaired) electrons. The monoisotopic (exact) mass is 322 g/mol. The van der Waals surface area contributed by atoms with Gasteiger partial charge in [-0.15, -0.1) is 0 Å². The fraction of sp³-hybridized carbons (Fsp3) is 0.176. The van der Waals surface area contributed by atoms with Crippen molar-refractivity contribution in [2.24, 2.45) is 0 Å². The first-order chi connectivity index (χ1) is 11.8. The van der Waals surface area contributed by atoms with Crippen LogP contribution >= 0.6 is 0 Å². The van der Waals surface area contributed by atoms with Gasteiger partial charge in [-0.05, 0) is 18.2 Å². The Kier molecular flexibility index (Phi) is 3.64. The van der Waals surface area contributed by atoms with Crippen LogP contribution in [0, 0.1) is 0 Å². The first-order valence-corrected chi connectivity index (χ1v) is 7.79. The quantitative estimate of drug-likeness (QED) is 0.359. The maximum absolute atomic E-state index is 8.86. The van der Waals surface area contributed by atoms with Gasteiger partial charge in [0.05, 0.1) is 23.3 Å². The van der Waals surface area contributed by atoms with Crippen LogP contribution in [0.2, 0.25) is 0 Å². The van der Waals surface area contributed by atoms with E-state index < -0.39 is 0 Å². The Labute approximate surface area is 137 Å². The number of nitrogens with two attached hydrogens (primary N) is 1. The SMILES string of the molecule is Nc1nc2cc(-c3cc[nH]n3)ccc2c2[nH]c(CNCCO)cc12. The number of benzene rings is 1. The van der Waals surface area contributed by atoms with Crippen LogP contribution in [0.15, 0.2) is 36.5 Å². The Bertz CT molecular complexity index is 989. The van der Waals surface area contributed by atoms with E-state index in [4.69, 9.17) is 10.8 Å². The summed E-state index contributed by atoms with van der Waals surface area (Å²) in [6.45, 7) is 1.31. The van der Waals surface area contributed by atoms with Gasteiger partial charge >= 0.3 is 0 Å². The molecule has 0 unspecified atom stereocenters. The molecule has 0 bridgehead atoms. The minimum atomic E-state index is 0.114. The molecule has 0 aliphatic rings. The number of anilines is 1. The highest BCUT2D eigenvalue weighted by Crippen LogP contribution is 2.30. The minimum Gasteiger partial charge on any atom is -0.395 e. The second-order valence-corrected chi connectivity index (χ2v) is 5.67. The summed E-state index contributed by atoms with van der Waals surface area (Å²) in [5.41, 5.74) is 10.8. The second kappa shape index (κ2) is 5.95. The topological polar surface area (TPSA) is 116 Å². The summed E-state index contributed by atoms with van der Waals surface area (Å²) in [4.78, 5) is 7.95. The Morgan fingerprint density at radius 3 is 2.88 bits per heavy atom. The van der Waals surface area contributed by atoms with Gasteiger partial charge in [-0.3, -0.25) is 5.10 Å². The van der Waals surface area contributed by atoms with Gasteiger partial charge in [0, 0.05) is 41.3 Å². The summed E-state index contributed by atoms with van der Waals surface area (Å²) in [7, 11) is 0. The molecule has 0 aliphatic carbocycles. The third-order valence-corrected chi connectivity index (χ3v) is 4.06. The molecule has 24 heavy (non-hydrogen) atoms. The van der Waals surface area contributed by atoms with Crippen LogP contribution in [0.5, 0.6) is 0 Å². The number of rotatable bonds is 5. The lowest BCUT2D eigenvalue weighted by Gasteiger charge is -2.04. The molecule has 0 amide bonds. The number of hydrogen-bond donors (Lipinski definition) is 5. The molecule has 0 fully saturated rings. The maximum atomic E-state index is 8.86. The van der Waals surface area contributed by atoms with Gasteiger partial charge in [-0.25, -0.2) is 4.98 Å². The molecular weight excluding hydrogens is 304 g/mol. The van der Waals surface area contributed by atoms with E-state index in [1.54, 1.807) is 6.20 Å². The van der Waals surface area contributed by atoms with Gasteiger partial charge < -0.3 is 21.1 Å². The van der Waals surface area contributed by atoms with Gasteiger partial charge in [0.1, 0.15) is 5.82 Å². The number of aromatic amines is 2. The standard InChI is InChI=1S/C17H18N6O/c18-17-13-8-11(9-19-5-6-24)21-16(13)12-2-1-10(7-15(12)22-17)14-3-4-20-23-14/h1-4,7-8,19,21,24H,5-6,9H2,(H2,18,22)(H,20,23). The average molecular weight is 322 g/mol. The highest BCUT2D eigenvalue weighted by molar-refractivity contribution is 6.08. The number of aliphatic hydroxyl groups is 1. The van der Waals surface area contributed by atoms with Gasteiger partial charge in [0.15, 0.2) is 0 Å². The molecule has 4 rings (SSSR count). The number of hydrogen-bond acceptors (Lipinski definition) is 5. The Morgan fingerprint density at radius 1 is 1.17 bits per heavy atom. The van der Waals surface area contributed by atoms with Crippen molar-refractivity contribution in [1.82, 2.24) is 25.5 Å². The summed E-state index contributed by atoms with van der Waals surface area (Å²) < 4.78 is 0. The van der Waals surface area contributed by atoms with Crippen molar-refractivity contribution in [3.63, 3.8) is 0 Å². The van der Waals surface area contributed by atoms with Gasteiger partial charge in [-0.1, -0.05) is 12.1 Å². The molecule has 0 spiro atoms. The second-order valence-electron chi connectivity index (χ2n) is 5.67. The molecule has 3 heterocycles. The molecule has 3 aromatic heterocycles. The largest absolute Gasteiger partial charge is 0.395 e. The number of aromatic nitrogens is 4. The molecule has 122 valence electrons. The lowest BCUT2D eigenvalue weighted by atomic mass is 10.1. The summed E-state index contributed by atoms with van der Waals surface area (Å²) in [6, 6.07) is 9.98. The molecule has 0 saturated carbocycles. The highest BCUT2D eigenvalue weighted by atomic mass is 16.3. The molecule has 6 N–H and O–H groups in total.